The number of hydrogen-bond acceptors (Lipinski definition) is 2. The molecule has 2 rings (SSSR count). The van der Waals surface area contributed by atoms with Crippen molar-refractivity contribution in [3.05, 3.63) is 83.9 Å². The molecule has 2 aromatic rings. The predicted octanol–water partition coefficient (Wildman–Crippen LogP) is 3.11. The molecule has 0 amide bonds. The Hall–Kier alpha value is -2.97. The summed E-state index contributed by atoms with van der Waals surface area (Å²) in [6.07, 6.45) is 0. The van der Waals surface area contributed by atoms with Gasteiger partial charge >= 0.3 is 11.7 Å². The molecule has 0 heterocycles. The van der Waals surface area contributed by atoms with Crippen molar-refractivity contribution in [2.45, 2.75) is 6.61 Å². The zero-order valence-corrected chi connectivity index (χ0v) is 11.4. The molecule has 0 saturated heterocycles. The minimum absolute atomic E-state index is 0.112. The third-order valence-corrected chi connectivity index (χ3v) is 2.91. The van der Waals surface area contributed by atoms with Gasteiger partial charge in [-0.1, -0.05) is 67.2 Å². The number of ether oxygens (including phenoxy) is 1. The molecule has 21 heavy (non-hydrogen) atoms. The maximum Gasteiger partial charge on any atom is 0.422 e. The van der Waals surface area contributed by atoms with Crippen molar-refractivity contribution in [3.8, 4) is 0 Å². The number of benzene rings is 2. The second-order valence-electron chi connectivity index (χ2n) is 4.35. The summed E-state index contributed by atoms with van der Waals surface area (Å²) in [7, 11) is 0. The van der Waals surface area contributed by atoms with Gasteiger partial charge in [0, 0.05) is 0 Å². The van der Waals surface area contributed by atoms with Crippen molar-refractivity contribution in [1.82, 2.24) is 0 Å². The quantitative estimate of drug-likeness (QED) is 0.365. The standard InChI is InChI=1S/C17H14N2O2/c1-13(15-10-6-3-7-11-15)16(19-18)17(20)21-12-14-8-4-2-5-9-14/h2-11H,1,12H2. The van der Waals surface area contributed by atoms with Crippen molar-refractivity contribution in [2.24, 2.45) is 0 Å². The van der Waals surface area contributed by atoms with Crippen LogP contribution in [0.2, 0.25) is 0 Å². The van der Waals surface area contributed by atoms with Gasteiger partial charge in [-0.05, 0) is 11.1 Å². The Kier molecular flexibility index (Phi) is 4.80. The first-order chi connectivity index (χ1) is 10.2. The van der Waals surface area contributed by atoms with Crippen molar-refractivity contribution < 1.29 is 14.3 Å². The van der Waals surface area contributed by atoms with E-state index in [9.17, 15) is 4.79 Å². The van der Waals surface area contributed by atoms with E-state index in [1.807, 2.05) is 48.5 Å². The van der Waals surface area contributed by atoms with Crippen LogP contribution in [0.25, 0.3) is 11.1 Å². The first-order valence-electron chi connectivity index (χ1n) is 6.40. The monoisotopic (exact) mass is 278 g/mol. The Morgan fingerprint density at radius 2 is 1.62 bits per heavy atom. The van der Waals surface area contributed by atoms with Gasteiger partial charge in [0.1, 0.15) is 6.61 Å². The van der Waals surface area contributed by atoms with Crippen LogP contribution in [0.5, 0.6) is 0 Å². The van der Waals surface area contributed by atoms with Crippen molar-refractivity contribution in [1.29, 1.82) is 0 Å². The van der Waals surface area contributed by atoms with E-state index >= 15 is 0 Å². The van der Waals surface area contributed by atoms with Crippen LogP contribution in [-0.4, -0.2) is 16.5 Å². The van der Waals surface area contributed by atoms with Gasteiger partial charge in [-0.25, -0.2) is 4.79 Å². The molecule has 2 aromatic carbocycles. The topological polar surface area (TPSA) is 62.7 Å². The maximum absolute atomic E-state index is 12.0. The van der Waals surface area contributed by atoms with Crippen LogP contribution in [-0.2, 0) is 16.1 Å². The normalized spacial score (nSPS) is 9.52. The minimum atomic E-state index is -0.713. The Labute approximate surface area is 122 Å². The molecule has 0 spiro atoms. The molecule has 0 saturated carbocycles. The molecule has 0 unspecified atom stereocenters. The molecule has 0 bridgehead atoms. The molecule has 0 aliphatic rings. The Morgan fingerprint density at radius 1 is 1.05 bits per heavy atom. The lowest BCUT2D eigenvalue weighted by atomic mass is 10.0. The summed E-state index contributed by atoms with van der Waals surface area (Å²) in [6.45, 7) is 3.89. The third kappa shape index (κ3) is 3.75. The molecule has 0 aliphatic heterocycles. The SMILES string of the molecule is C=C(C(=[N+]=[N-])C(=O)OCc1ccccc1)c1ccccc1. The van der Waals surface area contributed by atoms with Crippen LogP contribution in [0.1, 0.15) is 11.1 Å². The largest absolute Gasteiger partial charge is 0.452 e. The fourth-order valence-electron chi connectivity index (χ4n) is 1.79. The number of rotatable bonds is 5. The highest BCUT2D eigenvalue weighted by Gasteiger charge is 2.26. The van der Waals surface area contributed by atoms with Crippen LogP contribution < -0.4 is 0 Å². The molecule has 4 heteroatoms. The smallest absolute Gasteiger partial charge is 0.422 e. The lowest BCUT2D eigenvalue weighted by Crippen LogP contribution is -2.19. The lowest BCUT2D eigenvalue weighted by molar-refractivity contribution is -0.141. The fourth-order valence-corrected chi connectivity index (χ4v) is 1.79. The summed E-state index contributed by atoms with van der Waals surface area (Å²) < 4.78 is 5.13. The molecular weight excluding hydrogens is 264 g/mol. The number of nitrogens with zero attached hydrogens (tertiary/aromatic N) is 2. The Bertz CT molecular complexity index is 687. The highest BCUT2D eigenvalue weighted by atomic mass is 16.5. The number of hydrogen-bond donors (Lipinski definition) is 0. The van der Waals surface area contributed by atoms with Crippen LogP contribution >= 0.6 is 0 Å². The molecule has 0 aromatic heterocycles. The van der Waals surface area contributed by atoms with Crippen LogP contribution in [0.3, 0.4) is 0 Å². The summed E-state index contributed by atoms with van der Waals surface area (Å²) in [5.41, 5.74) is 10.7. The van der Waals surface area contributed by atoms with Gasteiger partial charge in [0.05, 0.1) is 5.57 Å². The molecule has 0 N–H and O–H groups in total. The molecule has 4 nitrogen and oxygen atoms in total. The number of carbonyl (C=O) groups excluding carboxylic acids is 1. The summed E-state index contributed by atoms with van der Waals surface area (Å²) in [4.78, 5) is 15.0. The van der Waals surface area contributed by atoms with Crippen molar-refractivity contribution in [2.75, 3.05) is 0 Å². The number of esters is 1. The van der Waals surface area contributed by atoms with Crippen LogP contribution in [0, 0.1) is 0 Å². The van der Waals surface area contributed by atoms with Gasteiger partial charge in [-0.2, -0.15) is 4.79 Å². The molecule has 0 radical (unpaired) electrons. The first kappa shape index (κ1) is 14.4. The van der Waals surface area contributed by atoms with Crippen molar-refractivity contribution in [3.63, 3.8) is 0 Å². The average molecular weight is 278 g/mol. The summed E-state index contributed by atoms with van der Waals surface area (Å²) >= 11 is 0. The highest BCUT2D eigenvalue weighted by Crippen LogP contribution is 2.14. The van der Waals surface area contributed by atoms with E-state index in [0.29, 0.717) is 11.1 Å². The van der Waals surface area contributed by atoms with E-state index in [0.717, 1.165) is 5.56 Å². The average Bonchev–Trinajstić information content (AvgIpc) is 2.55. The van der Waals surface area contributed by atoms with Gasteiger partial charge in [0.15, 0.2) is 0 Å². The van der Waals surface area contributed by atoms with E-state index in [2.05, 4.69) is 11.4 Å². The second-order valence-corrected chi connectivity index (χ2v) is 4.35. The van der Waals surface area contributed by atoms with Gasteiger partial charge in [-0.3, -0.25) is 0 Å². The Balaban J connectivity index is 2.06. The van der Waals surface area contributed by atoms with Gasteiger partial charge in [0.2, 0.25) is 0 Å². The van der Waals surface area contributed by atoms with E-state index in [4.69, 9.17) is 10.3 Å². The molecular formula is C17H14N2O2. The molecule has 0 aliphatic carbocycles. The number of carbonyl (C=O) groups is 1. The maximum atomic E-state index is 12.0. The predicted molar refractivity (Wildman–Crippen MR) is 80.3 cm³/mol. The van der Waals surface area contributed by atoms with E-state index < -0.39 is 5.97 Å². The molecule has 0 atom stereocenters. The van der Waals surface area contributed by atoms with E-state index in [1.54, 1.807) is 12.1 Å². The molecule has 104 valence electrons. The summed E-state index contributed by atoms with van der Waals surface area (Å²) in [6, 6.07) is 18.3. The van der Waals surface area contributed by atoms with Gasteiger partial charge < -0.3 is 10.3 Å². The third-order valence-electron chi connectivity index (χ3n) is 2.91. The van der Waals surface area contributed by atoms with E-state index in [1.165, 1.54) is 0 Å². The van der Waals surface area contributed by atoms with Crippen molar-refractivity contribution >= 4 is 17.3 Å². The molecule has 0 fully saturated rings. The Morgan fingerprint density at radius 3 is 2.19 bits per heavy atom. The first-order valence-corrected chi connectivity index (χ1v) is 6.40. The zero-order valence-electron chi connectivity index (χ0n) is 11.4. The summed E-state index contributed by atoms with van der Waals surface area (Å²) in [5, 5.41) is 0. The fraction of sp³-hybridized carbons (Fsp3) is 0.0588. The zero-order chi connectivity index (χ0) is 15.1. The minimum Gasteiger partial charge on any atom is -0.452 e. The summed E-state index contributed by atoms with van der Waals surface area (Å²) in [5.74, 6) is -0.713. The van der Waals surface area contributed by atoms with Gasteiger partial charge in [0.25, 0.3) is 0 Å². The van der Waals surface area contributed by atoms with Crippen LogP contribution in [0.15, 0.2) is 67.2 Å². The van der Waals surface area contributed by atoms with E-state index in [-0.39, 0.29) is 12.3 Å². The lowest BCUT2D eigenvalue weighted by Gasteiger charge is -2.04. The van der Waals surface area contributed by atoms with Gasteiger partial charge in [-0.15, -0.1) is 0 Å². The second kappa shape index (κ2) is 6.98. The highest BCUT2D eigenvalue weighted by molar-refractivity contribution is 6.51. The van der Waals surface area contributed by atoms with Crippen LogP contribution in [0.4, 0.5) is 0 Å².